The lowest BCUT2D eigenvalue weighted by atomic mass is 10.1. The largest absolute Gasteiger partial charge is 0.497 e. The van der Waals surface area contributed by atoms with Crippen LogP contribution in [0.15, 0.2) is 22.7 Å². The number of methoxy groups -OCH3 is 1. The van der Waals surface area contributed by atoms with Crippen LogP contribution < -0.4 is 4.74 Å². The van der Waals surface area contributed by atoms with Gasteiger partial charge in [0, 0.05) is 4.47 Å². The fourth-order valence-corrected chi connectivity index (χ4v) is 1.86. The summed E-state index contributed by atoms with van der Waals surface area (Å²) in [4.78, 5) is 0. The van der Waals surface area contributed by atoms with Crippen LogP contribution >= 0.6 is 15.9 Å². The van der Waals surface area contributed by atoms with Crippen molar-refractivity contribution in [3.05, 3.63) is 28.2 Å². The summed E-state index contributed by atoms with van der Waals surface area (Å²) in [5, 5.41) is 9.41. The van der Waals surface area contributed by atoms with Gasteiger partial charge >= 0.3 is 6.18 Å². The van der Waals surface area contributed by atoms with Crippen LogP contribution in [0.25, 0.3) is 0 Å². The summed E-state index contributed by atoms with van der Waals surface area (Å²) >= 11 is 3.09. The summed E-state index contributed by atoms with van der Waals surface area (Å²) in [5.41, 5.74) is 0.193. The van der Waals surface area contributed by atoms with Gasteiger partial charge in [0.25, 0.3) is 0 Å². The lowest BCUT2D eigenvalue weighted by Crippen LogP contribution is -2.13. The molecule has 1 aromatic carbocycles. The zero-order valence-corrected chi connectivity index (χ0v) is 9.97. The quantitative estimate of drug-likeness (QED) is 0.926. The fourth-order valence-electron chi connectivity index (χ4n) is 1.23. The number of alkyl halides is 3. The third-order valence-electron chi connectivity index (χ3n) is 1.99. The van der Waals surface area contributed by atoms with Gasteiger partial charge in [-0.25, -0.2) is 0 Å². The lowest BCUT2D eigenvalue weighted by Gasteiger charge is -2.15. The molecule has 0 heterocycles. The van der Waals surface area contributed by atoms with Crippen LogP contribution in [0.5, 0.6) is 5.75 Å². The minimum atomic E-state index is -4.39. The molecule has 6 heteroatoms. The molecule has 0 aliphatic rings. The lowest BCUT2D eigenvalue weighted by molar-refractivity contribution is -0.154. The third-order valence-corrected chi connectivity index (χ3v) is 2.68. The van der Waals surface area contributed by atoms with E-state index in [4.69, 9.17) is 4.74 Å². The van der Waals surface area contributed by atoms with E-state index in [1.54, 1.807) is 0 Å². The van der Waals surface area contributed by atoms with Crippen LogP contribution in [0.2, 0.25) is 0 Å². The zero-order valence-electron chi connectivity index (χ0n) is 8.38. The van der Waals surface area contributed by atoms with E-state index in [-0.39, 0.29) is 5.56 Å². The average Bonchev–Trinajstić information content (AvgIpc) is 2.14. The van der Waals surface area contributed by atoms with Crippen molar-refractivity contribution in [3.63, 3.8) is 0 Å². The van der Waals surface area contributed by atoms with Crippen LogP contribution in [0, 0.1) is 0 Å². The molecule has 90 valence electrons. The number of rotatable bonds is 3. The van der Waals surface area contributed by atoms with Gasteiger partial charge in [0.05, 0.1) is 19.6 Å². The summed E-state index contributed by atoms with van der Waals surface area (Å²) < 4.78 is 41.5. The van der Waals surface area contributed by atoms with Gasteiger partial charge in [0.15, 0.2) is 0 Å². The Balaban J connectivity index is 2.88. The second-order valence-corrected chi connectivity index (χ2v) is 4.08. The molecule has 2 nitrogen and oxygen atoms in total. The first-order chi connectivity index (χ1) is 7.33. The number of benzene rings is 1. The second-order valence-electron chi connectivity index (χ2n) is 3.22. The molecule has 0 fully saturated rings. The predicted octanol–water partition coefficient (Wildman–Crippen LogP) is 3.44. The molecule has 16 heavy (non-hydrogen) atoms. The van der Waals surface area contributed by atoms with Crippen LogP contribution in [0.3, 0.4) is 0 Å². The summed E-state index contributed by atoms with van der Waals surface area (Å²) in [5.74, 6) is 0.509. The predicted molar refractivity (Wildman–Crippen MR) is 56.3 cm³/mol. The highest BCUT2D eigenvalue weighted by Gasteiger charge is 2.32. The smallest absolute Gasteiger partial charge is 0.391 e. The fraction of sp³-hybridized carbons (Fsp3) is 0.400. The van der Waals surface area contributed by atoms with E-state index in [0.717, 1.165) is 0 Å². The Labute approximate surface area is 99.2 Å². The van der Waals surface area contributed by atoms with Gasteiger partial charge in [-0.15, -0.1) is 0 Å². The third kappa shape index (κ3) is 3.68. The molecule has 0 saturated heterocycles. The molecule has 1 rings (SSSR count). The van der Waals surface area contributed by atoms with Crippen LogP contribution in [0.1, 0.15) is 18.1 Å². The number of hydrogen-bond donors (Lipinski definition) is 1. The van der Waals surface area contributed by atoms with Gasteiger partial charge in [-0.3, -0.25) is 0 Å². The maximum absolute atomic E-state index is 12.1. The first-order valence-electron chi connectivity index (χ1n) is 4.42. The maximum Gasteiger partial charge on any atom is 0.391 e. The van der Waals surface area contributed by atoms with Crippen molar-refractivity contribution in [1.29, 1.82) is 0 Å². The van der Waals surface area contributed by atoms with Crippen molar-refractivity contribution in [1.82, 2.24) is 0 Å². The molecule has 1 unspecified atom stereocenters. The SMILES string of the molecule is COc1ccc(C(O)CC(F)(F)F)c(Br)c1. The van der Waals surface area contributed by atoms with Gasteiger partial charge in [0.2, 0.25) is 0 Å². The van der Waals surface area contributed by atoms with Crippen LogP contribution in [-0.2, 0) is 0 Å². The Morgan fingerprint density at radius 3 is 2.50 bits per heavy atom. The van der Waals surface area contributed by atoms with Crippen molar-refractivity contribution in [3.8, 4) is 5.75 Å². The van der Waals surface area contributed by atoms with Gasteiger partial charge < -0.3 is 9.84 Å². The van der Waals surface area contributed by atoms with Gasteiger partial charge in [0.1, 0.15) is 5.75 Å². The Hall–Kier alpha value is -0.750. The molecule has 1 N–H and O–H groups in total. The molecule has 1 atom stereocenters. The highest BCUT2D eigenvalue weighted by atomic mass is 79.9. The van der Waals surface area contributed by atoms with Crippen LogP contribution in [-0.4, -0.2) is 18.4 Å². The Morgan fingerprint density at radius 1 is 1.44 bits per heavy atom. The molecular weight excluding hydrogens is 289 g/mol. The second kappa shape index (κ2) is 5.05. The highest BCUT2D eigenvalue weighted by Crippen LogP contribution is 2.34. The molecule has 1 aromatic rings. The minimum absolute atomic E-state index is 0.193. The Morgan fingerprint density at radius 2 is 2.06 bits per heavy atom. The highest BCUT2D eigenvalue weighted by molar-refractivity contribution is 9.10. The molecule has 0 aliphatic carbocycles. The van der Waals surface area contributed by atoms with Crippen molar-refractivity contribution in [2.24, 2.45) is 0 Å². The Kier molecular flexibility index (Phi) is 4.21. The van der Waals surface area contributed by atoms with Gasteiger partial charge in [-0.2, -0.15) is 13.2 Å². The topological polar surface area (TPSA) is 29.5 Å². The van der Waals surface area contributed by atoms with Crippen molar-refractivity contribution < 1.29 is 23.0 Å². The zero-order chi connectivity index (χ0) is 12.3. The van der Waals surface area contributed by atoms with Gasteiger partial charge in [-0.05, 0) is 17.7 Å². The number of aliphatic hydroxyl groups is 1. The van der Waals surface area contributed by atoms with Gasteiger partial charge in [-0.1, -0.05) is 22.0 Å². The summed E-state index contributed by atoms with van der Waals surface area (Å²) in [6.07, 6.45) is -7.23. The molecule has 0 bridgehead atoms. The standard InChI is InChI=1S/C10H10BrF3O2/c1-16-6-2-3-7(8(11)4-6)9(15)5-10(12,13)14/h2-4,9,15H,5H2,1H3. The Bertz CT molecular complexity index is 366. The summed E-state index contributed by atoms with van der Waals surface area (Å²) in [7, 11) is 1.45. The van der Waals surface area contributed by atoms with E-state index in [2.05, 4.69) is 15.9 Å². The van der Waals surface area contributed by atoms with Crippen molar-refractivity contribution >= 4 is 15.9 Å². The molecule has 0 aromatic heterocycles. The first kappa shape index (κ1) is 13.3. The molecule has 0 aliphatic heterocycles. The number of halogens is 4. The first-order valence-corrected chi connectivity index (χ1v) is 5.21. The minimum Gasteiger partial charge on any atom is -0.497 e. The van der Waals surface area contributed by atoms with E-state index in [1.807, 2.05) is 0 Å². The normalized spacial score (nSPS) is 13.6. The van der Waals surface area contributed by atoms with Crippen molar-refractivity contribution in [2.75, 3.05) is 7.11 Å². The molecule has 0 spiro atoms. The van der Waals surface area contributed by atoms with E-state index >= 15 is 0 Å². The molecular formula is C10H10BrF3O2. The van der Waals surface area contributed by atoms with Crippen molar-refractivity contribution in [2.45, 2.75) is 18.7 Å². The van der Waals surface area contributed by atoms with E-state index in [9.17, 15) is 18.3 Å². The maximum atomic E-state index is 12.1. The monoisotopic (exact) mass is 298 g/mol. The van der Waals surface area contributed by atoms with E-state index in [0.29, 0.717) is 10.2 Å². The molecule has 0 saturated carbocycles. The van der Waals surface area contributed by atoms with E-state index < -0.39 is 18.7 Å². The number of hydrogen-bond acceptors (Lipinski definition) is 2. The average molecular weight is 299 g/mol. The summed E-state index contributed by atoms with van der Waals surface area (Å²) in [6, 6.07) is 4.41. The van der Waals surface area contributed by atoms with Crippen LogP contribution in [0.4, 0.5) is 13.2 Å². The molecule has 0 amide bonds. The van der Waals surface area contributed by atoms with E-state index in [1.165, 1.54) is 25.3 Å². The number of aliphatic hydroxyl groups excluding tert-OH is 1. The summed E-state index contributed by atoms with van der Waals surface area (Å²) in [6.45, 7) is 0. The molecule has 0 radical (unpaired) electrons. The number of ether oxygens (including phenoxy) is 1.